The van der Waals surface area contributed by atoms with Crippen LogP contribution in [0.2, 0.25) is 0 Å². The van der Waals surface area contributed by atoms with Gasteiger partial charge in [-0.1, -0.05) is 60.7 Å². The Morgan fingerprint density at radius 1 is 0.686 bits per heavy atom. The maximum Gasteiger partial charge on any atom is 0.161 e. The van der Waals surface area contributed by atoms with E-state index in [1.807, 2.05) is 48.5 Å². The van der Waals surface area contributed by atoms with Crippen molar-refractivity contribution < 1.29 is 9.47 Å². The molecule has 35 heavy (non-hydrogen) atoms. The van der Waals surface area contributed by atoms with E-state index in [9.17, 15) is 0 Å². The number of aromatic nitrogens is 5. The summed E-state index contributed by atoms with van der Waals surface area (Å²) >= 11 is 0. The highest BCUT2D eigenvalue weighted by atomic mass is 16.5. The minimum atomic E-state index is 0.380. The molecule has 5 rings (SSSR count). The lowest BCUT2D eigenvalue weighted by atomic mass is 10.0. The molecule has 3 aromatic carbocycles. The molecule has 0 amide bonds. The van der Waals surface area contributed by atoms with Crippen molar-refractivity contribution in [3.8, 4) is 11.5 Å². The SMILES string of the molecule is c1cc(CCCCc2nnn[nH]2)cc(COc2ccccc2OCc2ccc3ccccc3n2)c1. The van der Waals surface area contributed by atoms with Gasteiger partial charge in [-0.05, 0) is 65.1 Å². The lowest BCUT2D eigenvalue weighted by Gasteiger charge is -2.13. The van der Waals surface area contributed by atoms with Crippen LogP contribution in [0.15, 0.2) is 84.9 Å². The molecule has 0 bridgehead atoms. The van der Waals surface area contributed by atoms with Gasteiger partial charge in [-0.15, -0.1) is 5.10 Å². The monoisotopic (exact) mass is 465 g/mol. The molecule has 1 N–H and O–H groups in total. The lowest BCUT2D eigenvalue weighted by Crippen LogP contribution is -2.02. The average molecular weight is 466 g/mol. The Bertz CT molecular complexity index is 1370. The van der Waals surface area contributed by atoms with Gasteiger partial charge in [-0.3, -0.25) is 0 Å². The number of aryl methyl sites for hydroxylation is 2. The molecule has 0 unspecified atom stereocenters. The van der Waals surface area contributed by atoms with Gasteiger partial charge in [-0.25, -0.2) is 10.1 Å². The van der Waals surface area contributed by atoms with Crippen LogP contribution in [0.1, 0.15) is 35.5 Å². The van der Waals surface area contributed by atoms with Gasteiger partial charge in [0.15, 0.2) is 11.5 Å². The number of aromatic amines is 1. The topological polar surface area (TPSA) is 85.8 Å². The molecular formula is C28H27N5O2. The van der Waals surface area contributed by atoms with Crippen molar-refractivity contribution >= 4 is 10.9 Å². The number of fused-ring (bicyclic) bond motifs is 1. The van der Waals surface area contributed by atoms with E-state index < -0.39 is 0 Å². The lowest BCUT2D eigenvalue weighted by molar-refractivity contribution is 0.254. The maximum absolute atomic E-state index is 6.14. The molecule has 7 nitrogen and oxygen atoms in total. The molecule has 2 heterocycles. The zero-order chi connectivity index (χ0) is 23.7. The predicted molar refractivity (Wildman–Crippen MR) is 134 cm³/mol. The highest BCUT2D eigenvalue weighted by Gasteiger charge is 2.07. The van der Waals surface area contributed by atoms with Crippen LogP contribution in [0.5, 0.6) is 11.5 Å². The number of pyridine rings is 1. The minimum absolute atomic E-state index is 0.380. The van der Waals surface area contributed by atoms with Crippen LogP contribution in [0.4, 0.5) is 0 Å². The van der Waals surface area contributed by atoms with Gasteiger partial charge < -0.3 is 9.47 Å². The van der Waals surface area contributed by atoms with Gasteiger partial charge in [0.1, 0.15) is 19.0 Å². The first-order valence-electron chi connectivity index (χ1n) is 11.8. The highest BCUT2D eigenvalue weighted by Crippen LogP contribution is 2.28. The summed E-state index contributed by atoms with van der Waals surface area (Å²) in [4.78, 5) is 4.69. The summed E-state index contributed by atoms with van der Waals surface area (Å²) < 4.78 is 12.2. The zero-order valence-corrected chi connectivity index (χ0v) is 19.4. The normalized spacial score (nSPS) is 11.0. The van der Waals surface area contributed by atoms with Crippen molar-refractivity contribution in [2.75, 3.05) is 0 Å². The molecule has 5 aromatic rings. The molecule has 176 valence electrons. The number of rotatable bonds is 11. The number of H-pyrrole nitrogens is 1. The van der Waals surface area contributed by atoms with E-state index in [4.69, 9.17) is 14.5 Å². The molecule has 0 radical (unpaired) electrons. The largest absolute Gasteiger partial charge is 0.485 e. The number of benzene rings is 3. The third kappa shape index (κ3) is 6.20. The highest BCUT2D eigenvalue weighted by molar-refractivity contribution is 5.78. The van der Waals surface area contributed by atoms with Gasteiger partial charge in [-0.2, -0.15) is 0 Å². The standard InChI is InChI=1S/C28H27N5O2/c1(6-15-28-30-32-33-31-28)8-21-9-7-10-22(18-21)19-34-26-13-4-5-14-27(26)35-20-24-17-16-23-11-2-3-12-25(23)29-24/h2-5,7,9-14,16-18H,1,6,8,15,19-20H2,(H,30,31,32,33). The molecule has 0 saturated carbocycles. The quantitative estimate of drug-likeness (QED) is 0.260. The predicted octanol–water partition coefficient (Wildman–Crippen LogP) is 5.47. The van der Waals surface area contributed by atoms with E-state index in [-0.39, 0.29) is 0 Å². The van der Waals surface area contributed by atoms with Gasteiger partial charge in [0, 0.05) is 11.8 Å². The Morgan fingerprint density at radius 3 is 2.31 bits per heavy atom. The number of tetrazole rings is 1. The Labute approximate surface area is 204 Å². The first-order valence-corrected chi connectivity index (χ1v) is 11.8. The molecule has 0 atom stereocenters. The Hall–Kier alpha value is -4.26. The van der Waals surface area contributed by atoms with E-state index in [0.717, 1.165) is 59.4 Å². The van der Waals surface area contributed by atoms with Crippen molar-refractivity contribution in [2.24, 2.45) is 0 Å². The second-order valence-electron chi connectivity index (χ2n) is 8.39. The molecule has 0 aliphatic heterocycles. The third-order valence-corrected chi connectivity index (χ3v) is 5.78. The summed E-state index contributed by atoms with van der Waals surface area (Å²) in [7, 11) is 0. The Balaban J connectivity index is 1.15. The molecule has 2 aromatic heterocycles. The molecule has 0 aliphatic rings. The van der Waals surface area contributed by atoms with Crippen LogP contribution in [-0.4, -0.2) is 25.6 Å². The summed E-state index contributed by atoms with van der Waals surface area (Å²) in [6.07, 6.45) is 3.98. The number of ether oxygens (including phenoxy) is 2. The maximum atomic E-state index is 6.14. The van der Waals surface area contributed by atoms with Crippen molar-refractivity contribution in [3.05, 3.63) is 108 Å². The first-order chi connectivity index (χ1) is 17.3. The number of nitrogens with one attached hydrogen (secondary N) is 1. The second-order valence-corrected chi connectivity index (χ2v) is 8.39. The van der Waals surface area contributed by atoms with E-state index in [1.54, 1.807) is 0 Å². The number of para-hydroxylation sites is 3. The van der Waals surface area contributed by atoms with Gasteiger partial charge in [0.2, 0.25) is 0 Å². The summed E-state index contributed by atoms with van der Waals surface area (Å²) in [5.74, 6) is 2.27. The smallest absolute Gasteiger partial charge is 0.161 e. The first kappa shape index (κ1) is 22.5. The summed E-state index contributed by atoms with van der Waals surface area (Å²) in [6.45, 7) is 0.858. The minimum Gasteiger partial charge on any atom is -0.485 e. The van der Waals surface area contributed by atoms with Gasteiger partial charge in [0.05, 0.1) is 11.2 Å². The number of hydrogen-bond acceptors (Lipinski definition) is 6. The van der Waals surface area contributed by atoms with Crippen LogP contribution < -0.4 is 9.47 Å². The van der Waals surface area contributed by atoms with E-state index in [2.05, 4.69) is 57.0 Å². The molecule has 7 heteroatoms. The van der Waals surface area contributed by atoms with Crippen LogP contribution >= 0.6 is 0 Å². The third-order valence-electron chi connectivity index (χ3n) is 5.78. The van der Waals surface area contributed by atoms with Crippen molar-refractivity contribution in [1.29, 1.82) is 0 Å². The Kier molecular flexibility index (Phi) is 7.24. The average Bonchev–Trinajstić information content (AvgIpc) is 3.43. The molecular weight excluding hydrogens is 438 g/mol. The van der Waals surface area contributed by atoms with Gasteiger partial charge in [0.25, 0.3) is 0 Å². The number of unbranched alkanes of at least 4 members (excludes halogenated alkanes) is 1. The van der Waals surface area contributed by atoms with Crippen molar-refractivity contribution in [2.45, 2.75) is 38.9 Å². The van der Waals surface area contributed by atoms with Crippen LogP contribution in [0.25, 0.3) is 10.9 Å². The Morgan fingerprint density at radius 2 is 1.46 bits per heavy atom. The van der Waals surface area contributed by atoms with Crippen LogP contribution in [-0.2, 0) is 26.1 Å². The van der Waals surface area contributed by atoms with Crippen molar-refractivity contribution in [1.82, 2.24) is 25.6 Å². The zero-order valence-electron chi connectivity index (χ0n) is 19.4. The second kappa shape index (κ2) is 11.2. The summed E-state index contributed by atoms with van der Waals surface area (Å²) in [6, 6.07) is 28.5. The van der Waals surface area contributed by atoms with E-state index in [0.29, 0.717) is 19.0 Å². The fourth-order valence-corrected chi connectivity index (χ4v) is 3.97. The van der Waals surface area contributed by atoms with Gasteiger partial charge >= 0.3 is 0 Å². The molecule has 0 spiro atoms. The van der Waals surface area contributed by atoms with E-state index >= 15 is 0 Å². The van der Waals surface area contributed by atoms with E-state index in [1.165, 1.54) is 5.56 Å². The summed E-state index contributed by atoms with van der Waals surface area (Å²) in [5, 5.41) is 15.1. The van der Waals surface area contributed by atoms with Crippen LogP contribution in [0.3, 0.4) is 0 Å². The van der Waals surface area contributed by atoms with Crippen LogP contribution in [0, 0.1) is 0 Å². The molecule has 0 saturated heterocycles. The fraction of sp³-hybridized carbons (Fsp3) is 0.214. The molecule has 0 fully saturated rings. The van der Waals surface area contributed by atoms with Crippen molar-refractivity contribution in [3.63, 3.8) is 0 Å². The summed E-state index contributed by atoms with van der Waals surface area (Å²) in [5.41, 5.74) is 4.28. The molecule has 0 aliphatic carbocycles. The number of nitrogens with zero attached hydrogens (tertiary/aromatic N) is 4. The fourth-order valence-electron chi connectivity index (χ4n) is 3.97. The number of hydrogen-bond donors (Lipinski definition) is 1.